The van der Waals surface area contributed by atoms with E-state index in [-0.39, 0.29) is 5.91 Å². The highest BCUT2D eigenvalue weighted by atomic mass is 79.9. The summed E-state index contributed by atoms with van der Waals surface area (Å²) in [6, 6.07) is 21.8. The molecule has 1 aliphatic heterocycles. The topological polar surface area (TPSA) is 20.3 Å². The summed E-state index contributed by atoms with van der Waals surface area (Å²) in [5.74, 6) is -0.0775. The normalized spacial score (nSPS) is 16.2. The number of carbonyl (C=O) groups excluding carboxylic acids is 1. The van der Waals surface area contributed by atoms with Gasteiger partial charge < -0.3 is 0 Å². The van der Waals surface area contributed by atoms with Gasteiger partial charge in [-0.3, -0.25) is 9.69 Å². The molecule has 3 aromatic rings. The van der Waals surface area contributed by atoms with Gasteiger partial charge in [-0.15, -0.1) is 0 Å². The molecule has 0 spiro atoms. The predicted molar refractivity (Wildman–Crippen MR) is 114 cm³/mol. The van der Waals surface area contributed by atoms with Gasteiger partial charge in [0.15, 0.2) is 4.32 Å². The first-order valence-corrected chi connectivity index (χ1v) is 9.66. The minimum absolute atomic E-state index is 0.0775. The molecule has 0 aliphatic carbocycles. The summed E-state index contributed by atoms with van der Waals surface area (Å²) in [5.41, 5.74) is 1.80. The van der Waals surface area contributed by atoms with Crippen molar-refractivity contribution in [2.45, 2.75) is 0 Å². The maximum Gasteiger partial charge on any atom is 0.270 e. The summed E-state index contributed by atoms with van der Waals surface area (Å²) in [7, 11) is 0. The van der Waals surface area contributed by atoms with Gasteiger partial charge in [0.05, 0.1) is 10.6 Å². The first kappa shape index (κ1) is 16.5. The van der Waals surface area contributed by atoms with Crippen LogP contribution in [0.1, 0.15) is 5.56 Å². The van der Waals surface area contributed by atoms with Crippen LogP contribution >= 0.6 is 39.9 Å². The lowest BCUT2D eigenvalue weighted by molar-refractivity contribution is -0.113. The third-order valence-corrected chi connectivity index (χ3v) is 5.74. The molecule has 0 N–H and O–H groups in total. The highest BCUT2D eigenvalue weighted by Gasteiger charge is 2.34. The van der Waals surface area contributed by atoms with Gasteiger partial charge in [-0.2, -0.15) is 0 Å². The van der Waals surface area contributed by atoms with Gasteiger partial charge in [-0.25, -0.2) is 0 Å². The average molecular weight is 426 g/mol. The molecule has 2 nitrogen and oxygen atoms in total. The lowest BCUT2D eigenvalue weighted by Crippen LogP contribution is -2.27. The van der Waals surface area contributed by atoms with Gasteiger partial charge in [-0.1, -0.05) is 88.4 Å². The van der Waals surface area contributed by atoms with Crippen LogP contribution in [0.2, 0.25) is 0 Å². The third-order valence-electron chi connectivity index (χ3n) is 3.95. The number of rotatable bonds is 2. The molecule has 4 rings (SSSR count). The van der Waals surface area contributed by atoms with Crippen molar-refractivity contribution in [2.24, 2.45) is 0 Å². The molecule has 1 heterocycles. The van der Waals surface area contributed by atoms with E-state index in [4.69, 9.17) is 12.2 Å². The van der Waals surface area contributed by atoms with Gasteiger partial charge in [0.25, 0.3) is 5.91 Å². The van der Waals surface area contributed by atoms with E-state index in [1.54, 1.807) is 4.90 Å². The third kappa shape index (κ3) is 3.15. The first-order valence-electron chi connectivity index (χ1n) is 7.65. The molecule has 122 valence electrons. The fraction of sp³-hybridized carbons (Fsp3) is 0. The van der Waals surface area contributed by atoms with Crippen molar-refractivity contribution in [1.29, 1.82) is 0 Å². The Morgan fingerprint density at radius 2 is 1.76 bits per heavy atom. The lowest BCUT2D eigenvalue weighted by Gasteiger charge is -2.17. The number of benzene rings is 3. The molecule has 0 unspecified atom stereocenters. The maximum absolute atomic E-state index is 13.0. The monoisotopic (exact) mass is 425 g/mol. The van der Waals surface area contributed by atoms with Crippen LogP contribution in [0.15, 0.2) is 76.1 Å². The second kappa shape index (κ2) is 6.75. The number of hydrogen-bond donors (Lipinski definition) is 0. The van der Waals surface area contributed by atoms with Crippen molar-refractivity contribution in [1.82, 2.24) is 0 Å². The van der Waals surface area contributed by atoms with Crippen molar-refractivity contribution < 1.29 is 4.79 Å². The molecule has 1 fully saturated rings. The predicted octanol–water partition coefficient (Wildman–Crippen LogP) is 6.01. The second-order valence-corrected chi connectivity index (χ2v) is 8.16. The Bertz CT molecular complexity index is 1040. The van der Waals surface area contributed by atoms with Crippen LogP contribution in [0, 0.1) is 0 Å². The smallest absolute Gasteiger partial charge is 0.268 e. The van der Waals surface area contributed by atoms with E-state index in [1.807, 2.05) is 72.8 Å². The highest BCUT2D eigenvalue weighted by molar-refractivity contribution is 9.10. The Morgan fingerprint density at radius 1 is 1.00 bits per heavy atom. The van der Waals surface area contributed by atoms with Crippen molar-refractivity contribution in [3.8, 4) is 0 Å². The summed E-state index contributed by atoms with van der Waals surface area (Å²) in [5, 5.41) is 2.11. The molecule has 1 amide bonds. The van der Waals surface area contributed by atoms with Crippen LogP contribution < -0.4 is 4.90 Å². The number of thioether (sulfide) groups is 1. The van der Waals surface area contributed by atoms with E-state index in [1.165, 1.54) is 11.8 Å². The van der Waals surface area contributed by atoms with E-state index in [0.717, 1.165) is 26.5 Å². The quantitative estimate of drug-likeness (QED) is 0.370. The van der Waals surface area contributed by atoms with Crippen molar-refractivity contribution in [2.75, 3.05) is 4.90 Å². The van der Waals surface area contributed by atoms with Gasteiger partial charge in [0, 0.05) is 9.86 Å². The molecule has 0 aromatic heterocycles. The van der Waals surface area contributed by atoms with E-state index < -0.39 is 0 Å². The van der Waals surface area contributed by atoms with E-state index in [2.05, 4.69) is 15.9 Å². The fourth-order valence-electron chi connectivity index (χ4n) is 2.83. The second-order valence-electron chi connectivity index (χ2n) is 5.57. The number of fused-ring (bicyclic) bond motifs is 1. The number of amides is 1. The van der Waals surface area contributed by atoms with Crippen molar-refractivity contribution in [3.05, 3.63) is 81.7 Å². The Kier molecular flexibility index (Phi) is 4.46. The number of nitrogens with zero attached hydrogens (tertiary/aromatic N) is 1. The SMILES string of the molecule is O=C1/C(=C\c2cccc(Br)c2)SC(=S)N1c1cccc2ccccc12. The molecule has 0 atom stereocenters. The van der Waals surface area contributed by atoms with Crippen LogP contribution in [-0.2, 0) is 4.79 Å². The van der Waals surface area contributed by atoms with Gasteiger partial charge in [0.1, 0.15) is 0 Å². The van der Waals surface area contributed by atoms with Crippen molar-refractivity contribution in [3.63, 3.8) is 0 Å². The summed E-state index contributed by atoms with van der Waals surface area (Å²) in [6.45, 7) is 0. The molecule has 25 heavy (non-hydrogen) atoms. The zero-order valence-electron chi connectivity index (χ0n) is 13.0. The van der Waals surface area contributed by atoms with Crippen LogP contribution in [0.25, 0.3) is 16.8 Å². The summed E-state index contributed by atoms with van der Waals surface area (Å²) in [6.07, 6.45) is 1.88. The number of anilines is 1. The number of hydrogen-bond acceptors (Lipinski definition) is 3. The minimum atomic E-state index is -0.0775. The Balaban J connectivity index is 1.77. The molecule has 1 saturated heterocycles. The molecule has 0 bridgehead atoms. The van der Waals surface area contributed by atoms with E-state index >= 15 is 0 Å². The number of halogens is 1. The fourth-order valence-corrected chi connectivity index (χ4v) is 4.53. The Morgan fingerprint density at radius 3 is 2.60 bits per heavy atom. The molecular weight excluding hydrogens is 414 g/mol. The average Bonchev–Trinajstić information content (AvgIpc) is 2.88. The van der Waals surface area contributed by atoms with Gasteiger partial charge >= 0.3 is 0 Å². The van der Waals surface area contributed by atoms with Crippen LogP contribution in [-0.4, -0.2) is 10.2 Å². The van der Waals surface area contributed by atoms with Gasteiger partial charge in [0.2, 0.25) is 0 Å². The van der Waals surface area contributed by atoms with E-state index in [0.29, 0.717) is 9.23 Å². The standard InChI is InChI=1S/C20H12BrNOS2/c21-15-8-3-5-13(11-15)12-18-19(23)22(20(24)25-18)17-10-4-7-14-6-1-2-9-16(14)17/h1-12H/b18-12+. The molecule has 3 aromatic carbocycles. The zero-order valence-corrected chi connectivity index (χ0v) is 16.2. The first-order chi connectivity index (χ1) is 12.1. The Hall–Kier alpha value is -1.95. The number of carbonyl (C=O) groups is 1. The molecular formula is C20H12BrNOS2. The molecule has 0 radical (unpaired) electrons. The maximum atomic E-state index is 13.0. The van der Waals surface area contributed by atoms with Gasteiger partial charge in [-0.05, 0) is 35.2 Å². The molecule has 0 saturated carbocycles. The minimum Gasteiger partial charge on any atom is -0.268 e. The largest absolute Gasteiger partial charge is 0.270 e. The Labute approximate surface area is 163 Å². The summed E-state index contributed by atoms with van der Waals surface area (Å²) in [4.78, 5) is 15.3. The van der Waals surface area contributed by atoms with E-state index in [9.17, 15) is 4.79 Å². The van der Waals surface area contributed by atoms with Crippen LogP contribution in [0.5, 0.6) is 0 Å². The molecule has 5 heteroatoms. The van der Waals surface area contributed by atoms with Crippen LogP contribution in [0.3, 0.4) is 0 Å². The zero-order chi connectivity index (χ0) is 17.4. The summed E-state index contributed by atoms with van der Waals surface area (Å²) < 4.78 is 1.54. The molecule has 1 aliphatic rings. The summed E-state index contributed by atoms with van der Waals surface area (Å²) >= 11 is 10.3. The number of thiocarbonyl (C=S) groups is 1. The highest BCUT2D eigenvalue weighted by Crippen LogP contribution is 2.38. The lowest BCUT2D eigenvalue weighted by atomic mass is 10.1. The van der Waals surface area contributed by atoms with Crippen LogP contribution in [0.4, 0.5) is 5.69 Å². The van der Waals surface area contributed by atoms with Crippen molar-refractivity contribution >= 4 is 72.7 Å².